The van der Waals surface area contributed by atoms with Crippen LogP contribution in [-0.4, -0.2) is 84.9 Å². The van der Waals surface area contributed by atoms with Crippen LogP contribution in [0.4, 0.5) is 15.0 Å². The van der Waals surface area contributed by atoms with E-state index < -0.39 is 11.4 Å². The maximum atomic E-state index is 15.1. The predicted octanol–water partition coefficient (Wildman–Crippen LogP) is 4.96. The van der Waals surface area contributed by atoms with E-state index in [0.29, 0.717) is 37.4 Å². The highest BCUT2D eigenvalue weighted by Gasteiger charge is 2.48. The van der Waals surface area contributed by atoms with Gasteiger partial charge in [0.25, 0.3) is 0 Å². The SMILES string of the molecule is CN(C)CCOc1nc(N2CCC3(CC2)CN(C(=O)OC(C)(C)C)C3)c2cc(Cl)c(Br)c(F)c2n1. The molecule has 0 atom stereocenters. The van der Waals surface area contributed by atoms with Gasteiger partial charge in [0.1, 0.15) is 23.5 Å². The molecule has 3 heterocycles. The topological polar surface area (TPSA) is 71.0 Å². The van der Waals surface area contributed by atoms with E-state index in [0.717, 1.165) is 25.9 Å². The molecule has 0 saturated carbocycles. The zero-order valence-electron chi connectivity index (χ0n) is 20.8. The first-order valence-corrected chi connectivity index (χ1v) is 12.9. The van der Waals surface area contributed by atoms with Crippen LogP contribution in [0.5, 0.6) is 6.01 Å². The number of ether oxygens (including phenoxy) is 2. The number of hydrogen-bond acceptors (Lipinski definition) is 7. The van der Waals surface area contributed by atoms with Gasteiger partial charge in [-0.05, 0) is 69.7 Å². The van der Waals surface area contributed by atoms with E-state index in [1.54, 1.807) is 11.0 Å². The van der Waals surface area contributed by atoms with E-state index in [-0.39, 0.29) is 32.5 Å². The third kappa shape index (κ3) is 5.75. The van der Waals surface area contributed by atoms with E-state index in [4.69, 9.17) is 21.1 Å². The van der Waals surface area contributed by atoms with Crippen LogP contribution < -0.4 is 9.64 Å². The normalized spacial score (nSPS) is 17.7. The number of carbonyl (C=O) groups is 1. The van der Waals surface area contributed by atoms with Crippen LogP contribution in [0, 0.1) is 11.2 Å². The Morgan fingerprint density at radius 2 is 1.91 bits per heavy atom. The zero-order chi connectivity index (χ0) is 25.5. The molecule has 8 nitrogen and oxygen atoms in total. The largest absolute Gasteiger partial charge is 0.462 e. The molecule has 2 aliphatic rings. The first-order chi connectivity index (χ1) is 16.4. The summed E-state index contributed by atoms with van der Waals surface area (Å²) in [5.41, 5.74) is -0.256. The number of likely N-dealkylation sites (N-methyl/N-ethyl adjacent to an activating group) is 1. The Morgan fingerprint density at radius 3 is 2.51 bits per heavy atom. The standard InChI is InChI=1S/C24H32BrClFN5O3/c1-23(2,3)35-22(33)32-13-24(14-32)6-8-31(9-7-24)20-15-12-16(26)17(25)18(27)19(15)28-21(29-20)34-11-10-30(4)5/h12H,6-11,13-14H2,1-5H3. The number of anilines is 1. The van der Waals surface area contributed by atoms with Crippen molar-refractivity contribution >= 4 is 50.3 Å². The number of fused-ring (bicyclic) bond motifs is 1. The monoisotopic (exact) mass is 571 g/mol. The molecule has 1 aromatic carbocycles. The van der Waals surface area contributed by atoms with Crippen molar-refractivity contribution in [1.82, 2.24) is 19.8 Å². The van der Waals surface area contributed by atoms with E-state index in [1.165, 1.54) is 0 Å². The second kappa shape index (κ2) is 9.86. The molecule has 0 radical (unpaired) electrons. The molecule has 1 amide bonds. The van der Waals surface area contributed by atoms with Gasteiger partial charge in [-0.1, -0.05) is 11.6 Å². The van der Waals surface area contributed by atoms with Crippen LogP contribution in [0.25, 0.3) is 10.9 Å². The van der Waals surface area contributed by atoms with Crippen molar-refractivity contribution < 1.29 is 18.7 Å². The summed E-state index contributed by atoms with van der Waals surface area (Å²) in [5.74, 6) is 0.0791. The van der Waals surface area contributed by atoms with Gasteiger partial charge < -0.3 is 24.2 Å². The Bertz CT molecular complexity index is 1110. The Hall–Kier alpha value is -1.91. The fourth-order valence-electron chi connectivity index (χ4n) is 4.49. The van der Waals surface area contributed by atoms with Crippen molar-refractivity contribution in [2.75, 3.05) is 58.3 Å². The van der Waals surface area contributed by atoms with E-state index in [1.807, 2.05) is 39.8 Å². The first-order valence-electron chi connectivity index (χ1n) is 11.7. The number of aromatic nitrogens is 2. The van der Waals surface area contributed by atoms with Crippen LogP contribution in [0.3, 0.4) is 0 Å². The molecule has 0 aliphatic carbocycles. The lowest BCUT2D eigenvalue weighted by Crippen LogP contribution is -2.62. The molecule has 2 fully saturated rings. The average molecular weight is 573 g/mol. The quantitative estimate of drug-likeness (QED) is 0.469. The smallest absolute Gasteiger partial charge is 0.410 e. The van der Waals surface area contributed by atoms with Crippen LogP contribution in [0.2, 0.25) is 5.02 Å². The van der Waals surface area contributed by atoms with Gasteiger partial charge in [0, 0.05) is 43.5 Å². The lowest BCUT2D eigenvalue weighted by Gasteiger charge is -2.53. The molecular formula is C24H32BrClFN5O3. The van der Waals surface area contributed by atoms with Crippen LogP contribution in [-0.2, 0) is 4.74 Å². The van der Waals surface area contributed by atoms with Crippen molar-refractivity contribution in [2.24, 2.45) is 5.41 Å². The summed E-state index contributed by atoms with van der Waals surface area (Å²) in [5, 5.41) is 0.817. The van der Waals surface area contributed by atoms with E-state index in [9.17, 15) is 4.79 Å². The van der Waals surface area contributed by atoms with Crippen molar-refractivity contribution in [3.05, 3.63) is 21.4 Å². The number of hydrogen-bond donors (Lipinski definition) is 0. The van der Waals surface area contributed by atoms with Crippen molar-refractivity contribution in [3.63, 3.8) is 0 Å². The molecule has 35 heavy (non-hydrogen) atoms. The van der Waals surface area contributed by atoms with Crippen LogP contribution >= 0.6 is 27.5 Å². The molecule has 1 spiro atoms. The number of carbonyl (C=O) groups excluding carboxylic acids is 1. The minimum atomic E-state index is -0.533. The van der Waals surface area contributed by atoms with Crippen molar-refractivity contribution in [3.8, 4) is 6.01 Å². The number of nitrogens with zero attached hydrogens (tertiary/aromatic N) is 5. The molecule has 11 heteroatoms. The summed E-state index contributed by atoms with van der Waals surface area (Å²) < 4.78 is 26.5. The number of piperidine rings is 1. The molecule has 0 unspecified atom stereocenters. The average Bonchev–Trinajstić information content (AvgIpc) is 2.74. The van der Waals surface area contributed by atoms with Gasteiger partial charge in [-0.2, -0.15) is 9.97 Å². The Morgan fingerprint density at radius 1 is 1.26 bits per heavy atom. The molecule has 0 N–H and O–H groups in total. The minimum Gasteiger partial charge on any atom is -0.462 e. The summed E-state index contributed by atoms with van der Waals surface area (Å²) in [6.07, 6.45) is 1.52. The van der Waals surface area contributed by atoms with Crippen LogP contribution in [0.1, 0.15) is 33.6 Å². The van der Waals surface area contributed by atoms with Gasteiger partial charge in [0.05, 0.1) is 9.50 Å². The van der Waals surface area contributed by atoms with Gasteiger partial charge >= 0.3 is 12.1 Å². The molecule has 2 aliphatic heterocycles. The van der Waals surface area contributed by atoms with Crippen LogP contribution in [0.15, 0.2) is 10.5 Å². The van der Waals surface area contributed by atoms with E-state index in [2.05, 4.69) is 30.8 Å². The summed E-state index contributed by atoms with van der Waals surface area (Å²) in [6.45, 7) is 9.51. The lowest BCUT2D eigenvalue weighted by molar-refractivity contribution is -0.0434. The minimum absolute atomic E-state index is 0.0766. The number of likely N-dealkylation sites (tertiary alicyclic amines) is 1. The fourth-order valence-corrected chi connectivity index (χ4v) is 4.98. The fraction of sp³-hybridized carbons (Fsp3) is 0.625. The summed E-state index contributed by atoms with van der Waals surface area (Å²) >= 11 is 9.50. The van der Waals surface area contributed by atoms with Gasteiger partial charge in [-0.15, -0.1) is 0 Å². The molecular weight excluding hydrogens is 541 g/mol. The maximum absolute atomic E-state index is 15.1. The highest BCUT2D eigenvalue weighted by Crippen LogP contribution is 2.43. The zero-order valence-corrected chi connectivity index (χ0v) is 23.2. The van der Waals surface area contributed by atoms with Crippen molar-refractivity contribution in [1.29, 1.82) is 0 Å². The van der Waals surface area contributed by atoms with Gasteiger partial charge in [-0.3, -0.25) is 0 Å². The van der Waals surface area contributed by atoms with Crippen molar-refractivity contribution in [2.45, 2.75) is 39.2 Å². The number of rotatable bonds is 5. The third-order valence-electron chi connectivity index (χ3n) is 6.38. The molecule has 2 aromatic rings. The third-order valence-corrected chi connectivity index (χ3v) is 7.69. The van der Waals surface area contributed by atoms with Gasteiger partial charge in [-0.25, -0.2) is 9.18 Å². The summed E-state index contributed by atoms with van der Waals surface area (Å²) in [6, 6.07) is 1.84. The predicted molar refractivity (Wildman–Crippen MR) is 138 cm³/mol. The number of benzene rings is 1. The first kappa shape index (κ1) is 26.2. The second-order valence-electron chi connectivity index (χ2n) is 10.7. The number of amides is 1. The maximum Gasteiger partial charge on any atom is 0.410 e. The highest BCUT2D eigenvalue weighted by atomic mass is 79.9. The second-order valence-corrected chi connectivity index (χ2v) is 11.9. The Labute approximate surface area is 218 Å². The Balaban J connectivity index is 1.52. The molecule has 0 bridgehead atoms. The summed E-state index contributed by atoms with van der Waals surface area (Å²) in [7, 11) is 3.89. The lowest BCUT2D eigenvalue weighted by atomic mass is 9.72. The number of halogens is 3. The van der Waals surface area contributed by atoms with Gasteiger partial charge in [0.15, 0.2) is 5.82 Å². The molecule has 2 saturated heterocycles. The highest BCUT2D eigenvalue weighted by molar-refractivity contribution is 9.10. The summed E-state index contributed by atoms with van der Waals surface area (Å²) in [4.78, 5) is 27.3. The van der Waals surface area contributed by atoms with E-state index >= 15 is 4.39 Å². The molecule has 4 rings (SSSR count). The molecule has 192 valence electrons. The molecule has 1 aromatic heterocycles. The Kier molecular flexibility index (Phi) is 7.37. The van der Waals surface area contributed by atoms with Gasteiger partial charge in [0.2, 0.25) is 0 Å².